The summed E-state index contributed by atoms with van der Waals surface area (Å²) in [6.07, 6.45) is 4.32. The molecular formula is C20H26N2OS. The molecule has 1 N–H and O–H groups in total. The number of piperidine rings is 1. The van der Waals surface area contributed by atoms with Gasteiger partial charge in [-0.3, -0.25) is 9.69 Å². The van der Waals surface area contributed by atoms with E-state index in [9.17, 15) is 4.79 Å². The number of thiophene rings is 1. The molecular weight excluding hydrogens is 316 g/mol. The minimum absolute atomic E-state index is 0.00211. The first-order chi connectivity index (χ1) is 11.6. The number of aryl methyl sites for hydroxylation is 2. The summed E-state index contributed by atoms with van der Waals surface area (Å²) < 4.78 is 0. The molecule has 3 nitrogen and oxygen atoms in total. The van der Waals surface area contributed by atoms with Gasteiger partial charge >= 0.3 is 0 Å². The molecule has 0 spiro atoms. The fraction of sp³-hybridized carbons (Fsp3) is 0.450. The monoisotopic (exact) mass is 342 g/mol. The highest BCUT2D eigenvalue weighted by Crippen LogP contribution is 2.23. The van der Waals surface area contributed by atoms with Gasteiger partial charge in [0.05, 0.1) is 6.04 Å². The lowest BCUT2D eigenvalue weighted by molar-refractivity contribution is -0.122. The van der Waals surface area contributed by atoms with E-state index in [0.717, 1.165) is 49.2 Å². The number of nitrogens with one attached hydrogen (secondary N) is 1. The largest absolute Gasteiger partial charge is 0.324 e. The number of hydrogen-bond donors (Lipinski definition) is 1. The Morgan fingerprint density at radius 2 is 2.00 bits per heavy atom. The zero-order valence-corrected chi connectivity index (χ0v) is 15.4. The fourth-order valence-electron chi connectivity index (χ4n) is 3.48. The van der Waals surface area contributed by atoms with E-state index in [1.54, 1.807) is 11.3 Å². The third-order valence-electron chi connectivity index (χ3n) is 4.87. The predicted molar refractivity (Wildman–Crippen MR) is 102 cm³/mol. The maximum absolute atomic E-state index is 12.9. The van der Waals surface area contributed by atoms with Crippen molar-refractivity contribution >= 4 is 22.9 Å². The van der Waals surface area contributed by atoms with E-state index in [0.29, 0.717) is 0 Å². The third kappa shape index (κ3) is 4.05. The van der Waals surface area contributed by atoms with Crippen molar-refractivity contribution in [2.75, 3.05) is 18.4 Å². The van der Waals surface area contributed by atoms with Crippen molar-refractivity contribution in [1.29, 1.82) is 0 Å². The Labute approximate surface area is 148 Å². The van der Waals surface area contributed by atoms with Crippen LogP contribution >= 0.6 is 11.3 Å². The van der Waals surface area contributed by atoms with Crippen molar-refractivity contribution in [2.24, 2.45) is 0 Å². The van der Waals surface area contributed by atoms with Gasteiger partial charge in [0.15, 0.2) is 0 Å². The highest BCUT2D eigenvalue weighted by molar-refractivity contribution is 7.09. The normalized spacial score (nSPS) is 18.5. The van der Waals surface area contributed by atoms with Gasteiger partial charge in [-0.25, -0.2) is 0 Å². The van der Waals surface area contributed by atoms with Crippen LogP contribution in [0.25, 0.3) is 0 Å². The van der Waals surface area contributed by atoms with Crippen LogP contribution in [0.4, 0.5) is 5.69 Å². The SMILES string of the molecule is Cc1cccc(C)c1NC(=O)[C@@H]1CCCCN1CCc1cccs1. The summed E-state index contributed by atoms with van der Waals surface area (Å²) in [7, 11) is 0. The van der Waals surface area contributed by atoms with E-state index < -0.39 is 0 Å². The Hall–Kier alpha value is -1.65. The molecule has 2 heterocycles. The molecule has 0 unspecified atom stereocenters. The van der Waals surface area contributed by atoms with E-state index in [-0.39, 0.29) is 11.9 Å². The number of rotatable bonds is 5. The molecule has 3 rings (SSSR count). The van der Waals surface area contributed by atoms with Crippen molar-refractivity contribution in [1.82, 2.24) is 4.90 Å². The van der Waals surface area contributed by atoms with Gasteiger partial charge in [0, 0.05) is 17.1 Å². The number of para-hydroxylation sites is 1. The summed E-state index contributed by atoms with van der Waals surface area (Å²) in [5.74, 6) is 0.151. The number of carbonyl (C=O) groups is 1. The zero-order valence-electron chi connectivity index (χ0n) is 14.5. The van der Waals surface area contributed by atoms with Crippen LogP contribution in [-0.2, 0) is 11.2 Å². The fourth-order valence-corrected chi connectivity index (χ4v) is 4.18. The number of carbonyl (C=O) groups excluding carboxylic acids is 1. The van der Waals surface area contributed by atoms with Crippen molar-refractivity contribution in [3.63, 3.8) is 0 Å². The molecule has 4 heteroatoms. The molecule has 1 aliphatic rings. The lowest BCUT2D eigenvalue weighted by Crippen LogP contribution is -2.47. The summed E-state index contributed by atoms with van der Waals surface area (Å²) in [4.78, 5) is 16.7. The average Bonchev–Trinajstić information content (AvgIpc) is 3.10. The van der Waals surface area contributed by atoms with Crippen LogP contribution < -0.4 is 5.32 Å². The second-order valence-electron chi connectivity index (χ2n) is 6.63. The van der Waals surface area contributed by atoms with Crippen LogP contribution in [-0.4, -0.2) is 29.9 Å². The molecule has 1 fully saturated rings. The van der Waals surface area contributed by atoms with E-state index >= 15 is 0 Å². The number of nitrogens with zero attached hydrogens (tertiary/aromatic N) is 1. The Kier molecular flexibility index (Phi) is 5.69. The first-order valence-corrected chi connectivity index (χ1v) is 9.66. The Morgan fingerprint density at radius 1 is 1.21 bits per heavy atom. The molecule has 1 aliphatic heterocycles. The van der Waals surface area contributed by atoms with Gasteiger partial charge in [0.2, 0.25) is 5.91 Å². The van der Waals surface area contributed by atoms with Crippen molar-refractivity contribution < 1.29 is 4.79 Å². The molecule has 0 bridgehead atoms. The molecule has 1 atom stereocenters. The van der Waals surface area contributed by atoms with Gasteiger partial charge in [0.1, 0.15) is 0 Å². The molecule has 1 amide bonds. The maximum Gasteiger partial charge on any atom is 0.241 e. The first kappa shape index (κ1) is 17.2. The molecule has 1 saturated heterocycles. The Morgan fingerprint density at radius 3 is 2.71 bits per heavy atom. The van der Waals surface area contributed by atoms with E-state index in [4.69, 9.17) is 0 Å². The first-order valence-electron chi connectivity index (χ1n) is 8.78. The van der Waals surface area contributed by atoms with Crippen LogP contribution in [0, 0.1) is 13.8 Å². The van der Waals surface area contributed by atoms with Gasteiger partial charge in [-0.1, -0.05) is 30.7 Å². The van der Waals surface area contributed by atoms with Gasteiger partial charge in [-0.15, -0.1) is 11.3 Å². The summed E-state index contributed by atoms with van der Waals surface area (Å²) in [5.41, 5.74) is 3.24. The van der Waals surface area contributed by atoms with Crippen LogP contribution in [0.3, 0.4) is 0 Å². The van der Waals surface area contributed by atoms with E-state index in [1.807, 2.05) is 6.07 Å². The molecule has 0 radical (unpaired) electrons. The van der Waals surface area contributed by atoms with Crippen molar-refractivity contribution in [3.8, 4) is 0 Å². The van der Waals surface area contributed by atoms with Crippen LogP contribution in [0.2, 0.25) is 0 Å². The second-order valence-corrected chi connectivity index (χ2v) is 7.67. The predicted octanol–water partition coefficient (Wildman–Crippen LogP) is 4.40. The molecule has 0 saturated carbocycles. The van der Waals surface area contributed by atoms with Gasteiger partial charge in [0.25, 0.3) is 0 Å². The van der Waals surface area contributed by atoms with Crippen LogP contribution in [0.5, 0.6) is 0 Å². The topological polar surface area (TPSA) is 32.3 Å². The number of amides is 1. The standard InChI is InChI=1S/C20H26N2OS/c1-15-7-5-8-16(2)19(15)21-20(23)18-10-3-4-12-22(18)13-11-17-9-6-14-24-17/h5-9,14,18H,3-4,10-13H2,1-2H3,(H,21,23)/t18-/m0/s1. The van der Waals surface area contributed by atoms with Crippen molar-refractivity contribution in [3.05, 3.63) is 51.7 Å². The number of hydrogen-bond acceptors (Lipinski definition) is 3. The van der Waals surface area contributed by atoms with Gasteiger partial charge in [-0.2, -0.15) is 0 Å². The molecule has 1 aromatic carbocycles. The molecule has 24 heavy (non-hydrogen) atoms. The third-order valence-corrected chi connectivity index (χ3v) is 5.81. The quantitative estimate of drug-likeness (QED) is 0.873. The summed E-state index contributed by atoms with van der Waals surface area (Å²) in [6, 6.07) is 10.4. The minimum atomic E-state index is -0.00211. The van der Waals surface area contributed by atoms with E-state index in [2.05, 4.69) is 53.7 Å². The lowest BCUT2D eigenvalue weighted by atomic mass is 10.00. The maximum atomic E-state index is 12.9. The molecule has 128 valence electrons. The highest BCUT2D eigenvalue weighted by Gasteiger charge is 2.28. The molecule has 0 aliphatic carbocycles. The summed E-state index contributed by atoms with van der Waals surface area (Å²) in [5, 5.41) is 5.32. The van der Waals surface area contributed by atoms with Crippen molar-refractivity contribution in [2.45, 2.75) is 45.6 Å². The smallest absolute Gasteiger partial charge is 0.241 e. The highest BCUT2D eigenvalue weighted by atomic mass is 32.1. The van der Waals surface area contributed by atoms with Gasteiger partial charge in [-0.05, 0) is 62.2 Å². The number of benzene rings is 1. The van der Waals surface area contributed by atoms with Crippen LogP contribution in [0.1, 0.15) is 35.3 Å². The Bertz CT molecular complexity index is 661. The second kappa shape index (κ2) is 7.95. The van der Waals surface area contributed by atoms with Gasteiger partial charge < -0.3 is 5.32 Å². The summed E-state index contributed by atoms with van der Waals surface area (Å²) in [6.45, 7) is 6.09. The lowest BCUT2D eigenvalue weighted by Gasteiger charge is -2.34. The van der Waals surface area contributed by atoms with Crippen LogP contribution in [0.15, 0.2) is 35.7 Å². The average molecular weight is 343 g/mol. The Balaban J connectivity index is 1.66. The molecule has 2 aromatic rings. The summed E-state index contributed by atoms with van der Waals surface area (Å²) >= 11 is 1.80. The zero-order chi connectivity index (χ0) is 16.9. The number of anilines is 1. The number of likely N-dealkylation sites (tertiary alicyclic amines) is 1. The van der Waals surface area contributed by atoms with E-state index in [1.165, 1.54) is 11.3 Å². The minimum Gasteiger partial charge on any atom is -0.324 e. The molecule has 1 aromatic heterocycles.